The average molecular weight is 403 g/mol. The average Bonchev–Trinajstić information content (AvgIpc) is 3.34. The Bertz CT molecular complexity index is 1010. The van der Waals surface area contributed by atoms with Gasteiger partial charge in [-0.25, -0.2) is 9.97 Å². The number of anilines is 1. The van der Waals surface area contributed by atoms with Crippen molar-refractivity contribution in [2.45, 2.75) is 38.7 Å². The Morgan fingerprint density at radius 1 is 1.03 bits per heavy atom. The summed E-state index contributed by atoms with van der Waals surface area (Å²) < 4.78 is 40.9. The lowest BCUT2D eigenvalue weighted by atomic mass is 9.72. The molecule has 1 fully saturated rings. The summed E-state index contributed by atoms with van der Waals surface area (Å²) >= 11 is 0. The highest BCUT2D eigenvalue weighted by atomic mass is 19.3. The number of ether oxygens (including phenoxy) is 2. The molecule has 3 aromatic rings. The molecule has 1 aliphatic heterocycles. The van der Waals surface area contributed by atoms with Crippen molar-refractivity contribution in [3.63, 3.8) is 0 Å². The van der Waals surface area contributed by atoms with Crippen LogP contribution in [0.4, 0.5) is 14.7 Å². The molecule has 29 heavy (non-hydrogen) atoms. The second-order valence-corrected chi connectivity index (χ2v) is 6.67. The van der Waals surface area contributed by atoms with E-state index in [9.17, 15) is 8.78 Å². The van der Waals surface area contributed by atoms with Crippen molar-refractivity contribution in [3.05, 3.63) is 42.0 Å². The maximum Gasteiger partial charge on any atom is 0.314 e. The van der Waals surface area contributed by atoms with Gasteiger partial charge in [-0.1, -0.05) is 13.5 Å². The monoisotopic (exact) mass is 403 g/mol. The Morgan fingerprint density at radius 2 is 1.79 bits per heavy atom. The van der Waals surface area contributed by atoms with E-state index in [1.54, 1.807) is 0 Å². The molecular formula is C19H19F2N5O3. The number of alkyl halides is 2. The van der Waals surface area contributed by atoms with E-state index in [-0.39, 0.29) is 25.6 Å². The zero-order valence-electron chi connectivity index (χ0n) is 14.6. The Kier molecular flexibility index (Phi) is 4.77. The zero-order chi connectivity index (χ0) is 19.1. The smallest absolute Gasteiger partial charge is 0.314 e. The number of rotatable bonds is 5. The van der Waals surface area contributed by atoms with Crippen LogP contribution in [-0.4, -0.2) is 27.0 Å². The van der Waals surface area contributed by atoms with Crippen molar-refractivity contribution in [2.24, 2.45) is 0 Å². The number of halogens is 2. The lowest BCUT2D eigenvalue weighted by molar-refractivity contribution is 0.116. The molecule has 5 rings (SSSR count). The molecule has 2 aromatic heterocycles. The molecule has 0 radical (unpaired) electrons. The molecule has 152 valence electrons. The van der Waals surface area contributed by atoms with Crippen LogP contribution in [-0.2, 0) is 5.54 Å². The van der Waals surface area contributed by atoms with Gasteiger partial charge in [-0.05, 0) is 37.0 Å². The first-order valence-electron chi connectivity index (χ1n) is 8.75. The van der Waals surface area contributed by atoms with Crippen molar-refractivity contribution in [1.29, 1.82) is 0 Å². The molecule has 0 bridgehead atoms. The van der Waals surface area contributed by atoms with E-state index in [2.05, 4.69) is 25.5 Å². The summed E-state index contributed by atoms with van der Waals surface area (Å²) in [7, 11) is 0. The van der Waals surface area contributed by atoms with E-state index in [1.807, 2.05) is 18.2 Å². The van der Waals surface area contributed by atoms with Crippen LogP contribution < -0.4 is 14.8 Å². The minimum Gasteiger partial charge on any atom is -0.454 e. The Balaban J connectivity index is 0.00000205. The first kappa shape index (κ1) is 19.0. The van der Waals surface area contributed by atoms with E-state index >= 15 is 0 Å². The minimum atomic E-state index is -2.82. The molecule has 0 atom stereocenters. The highest BCUT2D eigenvalue weighted by Gasteiger charge is 2.40. The van der Waals surface area contributed by atoms with Crippen molar-refractivity contribution < 1.29 is 22.7 Å². The Labute approximate surface area is 165 Å². The highest BCUT2D eigenvalue weighted by molar-refractivity contribution is 5.52. The summed E-state index contributed by atoms with van der Waals surface area (Å²) in [6.45, 7) is 0.229. The van der Waals surface area contributed by atoms with Crippen LogP contribution in [0.2, 0.25) is 0 Å². The SMILES string of the molecule is C.FC(F)c1nnc(-c2cnc(NC3(c4ccc5c(c4)OCO5)CCC3)nc2)o1. The normalized spacial score (nSPS) is 16.2. The van der Waals surface area contributed by atoms with Crippen LogP contribution >= 0.6 is 0 Å². The lowest BCUT2D eigenvalue weighted by Gasteiger charge is -2.43. The second-order valence-electron chi connectivity index (χ2n) is 6.67. The zero-order valence-corrected chi connectivity index (χ0v) is 14.6. The molecule has 1 N–H and O–H groups in total. The first-order chi connectivity index (χ1) is 13.6. The van der Waals surface area contributed by atoms with Gasteiger partial charge in [0.15, 0.2) is 11.5 Å². The summed E-state index contributed by atoms with van der Waals surface area (Å²) in [6, 6.07) is 5.89. The van der Waals surface area contributed by atoms with E-state index in [4.69, 9.17) is 13.9 Å². The summed E-state index contributed by atoms with van der Waals surface area (Å²) in [6.07, 6.45) is 3.05. The summed E-state index contributed by atoms with van der Waals surface area (Å²) in [5, 5.41) is 10.3. The molecule has 2 aliphatic rings. The van der Waals surface area contributed by atoms with E-state index in [0.717, 1.165) is 36.3 Å². The molecule has 0 unspecified atom stereocenters. The van der Waals surface area contributed by atoms with Gasteiger partial charge in [-0.3, -0.25) is 0 Å². The molecule has 3 heterocycles. The standard InChI is InChI=1S/C18H15F2N5O3.CH4/c19-14(20)16-25-24-15(28-16)10-7-21-17(22-8-10)23-18(4-1-5-18)11-2-3-12-13(6-11)27-9-26-12;/h2-3,6-8,14H,1,4-5,9H2,(H,21,22,23);1H4. The molecule has 10 heteroatoms. The molecule has 0 spiro atoms. The van der Waals surface area contributed by atoms with Gasteiger partial charge < -0.3 is 19.2 Å². The van der Waals surface area contributed by atoms with Crippen molar-refractivity contribution in [3.8, 4) is 23.0 Å². The number of aromatic nitrogens is 4. The predicted octanol–water partition coefficient (Wildman–Crippen LogP) is 4.32. The van der Waals surface area contributed by atoms with E-state index in [0.29, 0.717) is 11.5 Å². The second kappa shape index (κ2) is 7.26. The summed E-state index contributed by atoms with van der Waals surface area (Å²) in [5.41, 5.74) is 1.17. The van der Waals surface area contributed by atoms with Gasteiger partial charge in [0.05, 0.1) is 11.1 Å². The number of hydrogen-bond donors (Lipinski definition) is 1. The topological polar surface area (TPSA) is 95.2 Å². The van der Waals surface area contributed by atoms with Crippen LogP contribution in [0.25, 0.3) is 11.5 Å². The summed E-state index contributed by atoms with van der Waals surface area (Å²) in [5.74, 6) is 1.12. The number of nitrogens with zero attached hydrogens (tertiary/aromatic N) is 4. The molecule has 1 aromatic carbocycles. The van der Waals surface area contributed by atoms with Crippen LogP contribution in [0.1, 0.15) is 44.6 Å². The van der Waals surface area contributed by atoms with Crippen LogP contribution in [0.3, 0.4) is 0 Å². The predicted molar refractivity (Wildman–Crippen MR) is 98.7 cm³/mol. The number of hydrogen-bond acceptors (Lipinski definition) is 8. The highest BCUT2D eigenvalue weighted by Crippen LogP contribution is 2.46. The quantitative estimate of drug-likeness (QED) is 0.673. The molecule has 1 saturated carbocycles. The third-order valence-corrected chi connectivity index (χ3v) is 5.01. The fraction of sp³-hybridized carbons (Fsp3) is 0.368. The van der Waals surface area contributed by atoms with Crippen molar-refractivity contribution in [1.82, 2.24) is 20.2 Å². The van der Waals surface area contributed by atoms with E-state index in [1.165, 1.54) is 12.4 Å². The fourth-order valence-electron chi connectivity index (χ4n) is 3.37. The minimum absolute atomic E-state index is 0. The summed E-state index contributed by atoms with van der Waals surface area (Å²) in [4.78, 5) is 8.56. The van der Waals surface area contributed by atoms with Gasteiger partial charge in [0.2, 0.25) is 12.7 Å². The van der Waals surface area contributed by atoms with Crippen molar-refractivity contribution in [2.75, 3.05) is 12.1 Å². The maximum absolute atomic E-state index is 12.6. The van der Waals surface area contributed by atoms with Gasteiger partial charge in [-0.2, -0.15) is 8.78 Å². The number of fused-ring (bicyclic) bond motifs is 1. The molecule has 8 nitrogen and oxygen atoms in total. The first-order valence-corrected chi connectivity index (χ1v) is 8.75. The van der Waals surface area contributed by atoms with Gasteiger partial charge in [0, 0.05) is 12.4 Å². The third-order valence-electron chi connectivity index (χ3n) is 5.01. The van der Waals surface area contributed by atoms with Gasteiger partial charge in [0.1, 0.15) is 0 Å². The lowest BCUT2D eigenvalue weighted by Crippen LogP contribution is -2.42. The largest absolute Gasteiger partial charge is 0.454 e. The van der Waals surface area contributed by atoms with Gasteiger partial charge in [0.25, 0.3) is 11.8 Å². The Morgan fingerprint density at radius 3 is 2.45 bits per heavy atom. The van der Waals surface area contributed by atoms with Crippen molar-refractivity contribution >= 4 is 5.95 Å². The van der Waals surface area contributed by atoms with E-state index < -0.39 is 12.3 Å². The molecule has 1 aliphatic carbocycles. The number of benzene rings is 1. The molecular weight excluding hydrogens is 384 g/mol. The molecule has 0 amide bonds. The van der Waals surface area contributed by atoms with Crippen LogP contribution in [0.15, 0.2) is 35.0 Å². The molecule has 0 saturated heterocycles. The third kappa shape index (κ3) is 3.34. The Hall–Kier alpha value is -3.30. The number of nitrogens with one attached hydrogen (secondary N) is 1. The van der Waals surface area contributed by atoms with Crippen LogP contribution in [0.5, 0.6) is 11.5 Å². The van der Waals surface area contributed by atoms with Crippen LogP contribution in [0, 0.1) is 0 Å². The maximum atomic E-state index is 12.6. The van der Waals surface area contributed by atoms with Gasteiger partial charge >= 0.3 is 6.43 Å². The van der Waals surface area contributed by atoms with Gasteiger partial charge in [-0.15, -0.1) is 10.2 Å². The fourth-order valence-corrected chi connectivity index (χ4v) is 3.37.